The van der Waals surface area contributed by atoms with Gasteiger partial charge in [-0.15, -0.1) is 0 Å². The molecular formula is C16H10Cl2I2. The molecular weight excluding hydrogens is 517 g/mol. The van der Waals surface area contributed by atoms with E-state index >= 15 is 0 Å². The first-order chi connectivity index (χ1) is 9.69. The minimum atomic E-state index is 0.712. The summed E-state index contributed by atoms with van der Waals surface area (Å²) in [6, 6.07) is 16.2. The maximum atomic E-state index is 6.35. The molecule has 0 bridgehead atoms. The van der Waals surface area contributed by atoms with Crippen LogP contribution in [0.1, 0.15) is 11.1 Å². The predicted molar refractivity (Wildman–Crippen MR) is 108 cm³/mol. The fraction of sp³-hybridized carbons (Fsp3) is 0. The molecule has 2 rings (SSSR count). The molecule has 0 spiro atoms. The zero-order valence-electron chi connectivity index (χ0n) is 10.3. The molecule has 0 fully saturated rings. The first-order valence-electron chi connectivity index (χ1n) is 5.80. The van der Waals surface area contributed by atoms with Gasteiger partial charge in [0.15, 0.2) is 0 Å². The van der Waals surface area contributed by atoms with Crippen LogP contribution in [0.3, 0.4) is 0 Å². The fourth-order valence-electron chi connectivity index (χ4n) is 1.98. The van der Waals surface area contributed by atoms with Crippen LogP contribution < -0.4 is 0 Å². The highest BCUT2D eigenvalue weighted by molar-refractivity contribution is 14.1. The molecule has 0 aliphatic rings. The highest BCUT2D eigenvalue weighted by atomic mass is 127. The molecule has 0 aliphatic carbocycles. The summed E-state index contributed by atoms with van der Waals surface area (Å²) in [5, 5.41) is 1.42. The zero-order valence-corrected chi connectivity index (χ0v) is 16.1. The molecule has 0 nitrogen and oxygen atoms in total. The maximum absolute atomic E-state index is 6.35. The van der Waals surface area contributed by atoms with Crippen molar-refractivity contribution in [2.75, 3.05) is 0 Å². The van der Waals surface area contributed by atoms with Crippen molar-refractivity contribution in [2.24, 2.45) is 0 Å². The van der Waals surface area contributed by atoms with Crippen molar-refractivity contribution < 1.29 is 0 Å². The zero-order chi connectivity index (χ0) is 14.5. The van der Waals surface area contributed by atoms with E-state index in [0.717, 1.165) is 22.3 Å². The van der Waals surface area contributed by atoms with E-state index in [1.165, 1.54) is 0 Å². The molecule has 102 valence electrons. The van der Waals surface area contributed by atoms with Gasteiger partial charge >= 0.3 is 0 Å². The van der Waals surface area contributed by atoms with Gasteiger partial charge in [-0.25, -0.2) is 0 Å². The lowest BCUT2D eigenvalue weighted by molar-refractivity contribution is 1.56. The van der Waals surface area contributed by atoms with Gasteiger partial charge in [0, 0.05) is 11.1 Å². The van der Waals surface area contributed by atoms with Crippen LogP contribution >= 0.6 is 68.4 Å². The van der Waals surface area contributed by atoms with Gasteiger partial charge in [0.1, 0.15) is 0 Å². The highest BCUT2D eigenvalue weighted by Crippen LogP contribution is 2.38. The Bertz CT molecular complexity index is 625. The van der Waals surface area contributed by atoms with Crippen LogP contribution in [0.15, 0.2) is 56.7 Å². The topological polar surface area (TPSA) is 0 Å². The Balaban J connectivity index is 2.79. The maximum Gasteiger partial charge on any atom is 0.0545 e. The SMILES string of the molecule is Cl/C(=C/I)c1cccc(/C(Cl)=C\I)c1-c1ccccc1. The number of rotatable bonds is 3. The number of hydrogen-bond donors (Lipinski definition) is 0. The lowest BCUT2D eigenvalue weighted by Crippen LogP contribution is -1.91. The minimum absolute atomic E-state index is 0.712. The second kappa shape index (κ2) is 7.82. The van der Waals surface area contributed by atoms with E-state index in [1.807, 2.05) is 44.6 Å². The van der Waals surface area contributed by atoms with Crippen LogP contribution in [0, 0.1) is 0 Å². The van der Waals surface area contributed by atoms with Crippen molar-refractivity contribution in [3.05, 3.63) is 67.8 Å². The van der Waals surface area contributed by atoms with Gasteiger partial charge in [0.2, 0.25) is 0 Å². The Hall–Kier alpha value is -0.0400. The molecule has 0 aromatic heterocycles. The Morgan fingerprint density at radius 2 is 1.25 bits per heavy atom. The van der Waals surface area contributed by atoms with Gasteiger partial charge in [-0.05, 0) is 19.3 Å². The first-order valence-corrected chi connectivity index (χ1v) is 9.04. The molecule has 0 unspecified atom stereocenters. The Morgan fingerprint density at radius 1 is 0.750 bits per heavy atom. The van der Waals surface area contributed by atoms with Crippen molar-refractivity contribution in [1.29, 1.82) is 0 Å². The van der Waals surface area contributed by atoms with Gasteiger partial charge in [0.05, 0.1) is 10.1 Å². The first kappa shape index (κ1) is 16.3. The van der Waals surface area contributed by atoms with E-state index in [0.29, 0.717) is 10.1 Å². The summed E-state index contributed by atoms with van der Waals surface area (Å²) in [4.78, 5) is 0. The molecule has 0 N–H and O–H groups in total. The molecule has 2 aromatic carbocycles. The largest absolute Gasteiger partial charge is 0.0832 e. The Morgan fingerprint density at radius 3 is 1.70 bits per heavy atom. The molecule has 2 aromatic rings. The van der Waals surface area contributed by atoms with Gasteiger partial charge in [-0.2, -0.15) is 0 Å². The van der Waals surface area contributed by atoms with Crippen LogP contribution in [0.5, 0.6) is 0 Å². The predicted octanol–water partition coefficient (Wildman–Crippen LogP) is 7.30. The van der Waals surface area contributed by atoms with E-state index in [4.69, 9.17) is 23.2 Å². The summed E-state index contributed by atoms with van der Waals surface area (Å²) >= 11 is 17.0. The lowest BCUT2D eigenvalue weighted by Gasteiger charge is -2.14. The quantitative estimate of drug-likeness (QED) is 0.368. The molecule has 4 heteroatoms. The van der Waals surface area contributed by atoms with Gasteiger partial charge in [-0.1, -0.05) is 117 Å². The summed E-state index contributed by atoms with van der Waals surface area (Å²) in [5.74, 6) is 0. The lowest BCUT2D eigenvalue weighted by atomic mass is 9.94. The smallest absolute Gasteiger partial charge is 0.0545 e. The molecule has 0 radical (unpaired) electrons. The third-order valence-electron chi connectivity index (χ3n) is 2.83. The summed E-state index contributed by atoms with van der Waals surface area (Å²) in [6.45, 7) is 0. The second-order valence-electron chi connectivity index (χ2n) is 4.01. The summed E-state index contributed by atoms with van der Waals surface area (Å²) in [6.07, 6.45) is 0. The van der Waals surface area contributed by atoms with E-state index in [2.05, 4.69) is 57.3 Å². The van der Waals surface area contributed by atoms with Crippen molar-refractivity contribution in [3.63, 3.8) is 0 Å². The summed E-state index contributed by atoms with van der Waals surface area (Å²) < 4.78 is 3.74. The van der Waals surface area contributed by atoms with Crippen molar-refractivity contribution in [2.45, 2.75) is 0 Å². The molecule has 0 saturated carbocycles. The van der Waals surface area contributed by atoms with Gasteiger partial charge in [0.25, 0.3) is 0 Å². The van der Waals surface area contributed by atoms with E-state index in [9.17, 15) is 0 Å². The normalized spacial score (nSPS) is 12.6. The Labute approximate surface area is 156 Å². The standard InChI is InChI=1S/C16H10Cl2I2/c17-14(9-19)12-7-4-8-13(15(18)10-20)16(12)11-5-2-1-3-6-11/h1-10H/b14-9+,15-10+. The van der Waals surface area contributed by atoms with Gasteiger partial charge in [-0.3, -0.25) is 0 Å². The van der Waals surface area contributed by atoms with Crippen LogP contribution in [0.4, 0.5) is 0 Å². The fourth-order valence-corrected chi connectivity index (χ4v) is 2.97. The molecule has 0 atom stereocenters. The molecule has 0 heterocycles. The molecule has 0 aliphatic heterocycles. The van der Waals surface area contributed by atoms with E-state index < -0.39 is 0 Å². The third kappa shape index (κ3) is 3.59. The third-order valence-corrected chi connectivity index (χ3v) is 5.44. The van der Waals surface area contributed by atoms with Crippen LogP contribution in [0.25, 0.3) is 21.2 Å². The summed E-state index contributed by atoms with van der Waals surface area (Å²) in [7, 11) is 0. The number of hydrogen-bond acceptors (Lipinski definition) is 0. The van der Waals surface area contributed by atoms with Gasteiger partial charge < -0.3 is 0 Å². The van der Waals surface area contributed by atoms with E-state index in [1.54, 1.807) is 0 Å². The Kier molecular flexibility index (Phi) is 6.39. The number of benzene rings is 2. The monoisotopic (exact) mass is 526 g/mol. The number of halogens is 4. The van der Waals surface area contributed by atoms with Crippen molar-refractivity contribution >= 4 is 78.4 Å². The van der Waals surface area contributed by atoms with Crippen LogP contribution in [0.2, 0.25) is 0 Å². The van der Waals surface area contributed by atoms with Crippen molar-refractivity contribution in [1.82, 2.24) is 0 Å². The highest BCUT2D eigenvalue weighted by Gasteiger charge is 2.14. The second-order valence-corrected chi connectivity index (χ2v) is 6.07. The average molecular weight is 527 g/mol. The molecule has 0 saturated heterocycles. The summed E-state index contributed by atoms with van der Waals surface area (Å²) in [5.41, 5.74) is 4.14. The minimum Gasteiger partial charge on any atom is -0.0832 e. The van der Waals surface area contributed by atoms with Crippen molar-refractivity contribution in [3.8, 4) is 11.1 Å². The molecule has 0 amide bonds. The molecule has 20 heavy (non-hydrogen) atoms. The van der Waals surface area contributed by atoms with Crippen LogP contribution in [-0.4, -0.2) is 0 Å². The average Bonchev–Trinajstić information content (AvgIpc) is 2.53. The van der Waals surface area contributed by atoms with E-state index in [-0.39, 0.29) is 0 Å². The van der Waals surface area contributed by atoms with Crippen LogP contribution in [-0.2, 0) is 0 Å².